The van der Waals surface area contributed by atoms with Gasteiger partial charge < -0.3 is 14.7 Å². The van der Waals surface area contributed by atoms with Gasteiger partial charge in [0.2, 0.25) is 5.91 Å². The summed E-state index contributed by atoms with van der Waals surface area (Å²) < 4.78 is 5.40. The lowest BCUT2D eigenvalue weighted by molar-refractivity contribution is -0.140. The number of likely N-dealkylation sites (tertiary alicyclic amines) is 1. The molecule has 1 N–H and O–H groups in total. The van der Waals surface area contributed by atoms with Crippen LogP contribution in [0.2, 0.25) is 0 Å². The molecule has 1 heterocycles. The van der Waals surface area contributed by atoms with E-state index in [1.165, 1.54) is 4.90 Å². The number of rotatable bonds is 7. The molecule has 3 atom stereocenters. The lowest BCUT2D eigenvalue weighted by Crippen LogP contribution is -2.51. The third-order valence-electron chi connectivity index (χ3n) is 5.63. The van der Waals surface area contributed by atoms with Gasteiger partial charge in [-0.05, 0) is 37.3 Å². The Labute approximate surface area is 178 Å². The van der Waals surface area contributed by atoms with Gasteiger partial charge in [-0.15, -0.1) is 0 Å². The van der Waals surface area contributed by atoms with E-state index in [1.807, 2.05) is 74.5 Å². The maximum absolute atomic E-state index is 13.5. The number of amides is 2. The molecule has 0 spiro atoms. The van der Waals surface area contributed by atoms with E-state index in [4.69, 9.17) is 4.74 Å². The molecule has 6 heteroatoms. The Kier molecular flexibility index (Phi) is 7.46. The molecule has 1 fully saturated rings. The summed E-state index contributed by atoms with van der Waals surface area (Å²) >= 11 is 0. The van der Waals surface area contributed by atoms with Gasteiger partial charge in [0.25, 0.3) is 0 Å². The molecule has 0 aromatic heterocycles. The predicted octanol–water partition coefficient (Wildman–Crippen LogP) is 4.11. The molecule has 2 aromatic carbocycles. The average Bonchev–Trinajstić information content (AvgIpc) is 3.18. The van der Waals surface area contributed by atoms with Crippen LogP contribution in [-0.2, 0) is 16.1 Å². The second-order valence-electron chi connectivity index (χ2n) is 7.48. The Morgan fingerprint density at radius 2 is 1.70 bits per heavy atom. The monoisotopic (exact) mass is 410 g/mol. The molecule has 2 amide bonds. The number of likely N-dealkylation sites (N-methyl/N-ethyl adjacent to an activating group) is 1. The van der Waals surface area contributed by atoms with E-state index in [-0.39, 0.29) is 18.6 Å². The minimum atomic E-state index is -1.02. The van der Waals surface area contributed by atoms with E-state index in [9.17, 15) is 14.7 Å². The fourth-order valence-corrected chi connectivity index (χ4v) is 4.11. The van der Waals surface area contributed by atoms with Crippen LogP contribution in [0.1, 0.15) is 50.3 Å². The molecule has 160 valence electrons. The van der Waals surface area contributed by atoms with Crippen LogP contribution in [0.3, 0.4) is 0 Å². The Balaban J connectivity index is 1.74. The highest BCUT2D eigenvalue weighted by atomic mass is 16.6. The van der Waals surface area contributed by atoms with Gasteiger partial charge in [0.05, 0.1) is 6.04 Å². The molecule has 0 saturated carbocycles. The van der Waals surface area contributed by atoms with Gasteiger partial charge in [-0.1, -0.05) is 67.6 Å². The van der Waals surface area contributed by atoms with Crippen LogP contribution in [0, 0.1) is 0 Å². The van der Waals surface area contributed by atoms with E-state index in [0.29, 0.717) is 19.4 Å². The molecular formula is C24H30N2O4. The van der Waals surface area contributed by atoms with Crippen molar-refractivity contribution in [3.63, 3.8) is 0 Å². The first-order valence-electron chi connectivity index (χ1n) is 10.6. The molecule has 2 unspecified atom stereocenters. The van der Waals surface area contributed by atoms with Gasteiger partial charge in [0.1, 0.15) is 18.9 Å². The number of aliphatic hydroxyl groups excluding tert-OH is 1. The molecule has 0 aliphatic carbocycles. The summed E-state index contributed by atoms with van der Waals surface area (Å²) in [6, 6.07) is 18.4. The summed E-state index contributed by atoms with van der Waals surface area (Å²) in [6.07, 6.45) is -0.139. The molecule has 1 aliphatic heterocycles. The number of nitrogens with zero attached hydrogens (tertiary/aromatic N) is 2. The highest BCUT2D eigenvalue weighted by Gasteiger charge is 2.43. The number of carbonyl (C=O) groups is 2. The van der Waals surface area contributed by atoms with Gasteiger partial charge >= 0.3 is 6.09 Å². The Hall–Kier alpha value is -2.86. The SMILES string of the molecule is CCC(c1ccccc1)N(CC)C(=O)[C@@H]1CCC(O)N1C(=O)OCc1ccccc1. The quantitative estimate of drug-likeness (QED) is 0.746. The van der Waals surface area contributed by atoms with E-state index >= 15 is 0 Å². The first-order chi connectivity index (χ1) is 14.6. The van der Waals surface area contributed by atoms with Crippen molar-refractivity contribution >= 4 is 12.0 Å². The predicted molar refractivity (Wildman–Crippen MR) is 114 cm³/mol. The second-order valence-corrected chi connectivity index (χ2v) is 7.48. The molecule has 6 nitrogen and oxygen atoms in total. The topological polar surface area (TPSA) is 70.1 Å². The third-order valence-corrected chi connectivity index (χ3v) is 5.63. The fourth-order valence-electron chi connectivity index (χ4n) is 4.11. The summed E-state index contributed by atoms with van der Waals surface area (Å²) in [4.78, 5) is 29.2. The molecule has 1 saturated heterocycles. The van der Waals surface area contributed by atoms with Crippen LogP contribution in [0.5, 0.6) is 0 Å². The van der Waals surface area contributed by atoms with Crippen molar-refractivity contribution in [1.29, 1.82) is 0 Å². The highest BCUT2D eigenvalue weighted by molar-refractivity contribution is 5.86. The molecule has 1 aliphatic rings. The number of carbonyl (C=O) groups excluding carboxylic acids is 2. The minimum absolute atomic E-state index is 0.0800. The van der Waals surface area contributed by atoms with E-state index in [0.717, 1.165) is 17.5 Å². The van der Waals surface area contributed by atoms with Gasteiger partial charge in [-0.25, -0.2) is 4.79 Å². The standard InChI is InChI=1S/C24H30N2O4/c1-3-20(19-13-9-6-10-14-19)25(4-2)23(28)21-15-16-22(27)26(21)24(29)30-17-18-11-7-5-8-12-18/h5-14,20-22,27H,3-4,15-17H2,1-2H3/t20?,21-,22?/m0/s1. The van der Waals surface area contributed by atoms with Gasteiger partial charge in [0, 0.05) is 6.54 Å². The zero-order valence-electron chi connectivity index (χ0n) is 17.6. The number of aliphatic hydroxyl groups is 1. The lowest BCUT2D eigenvalue weighted by atomic mass is 10.0. The first-order valence-corrected chi connectivity index (χ1v) is 10.6. The molecule has 0 bridgehead atoms. The second kappa shape index (κ2) is 10.3. The van der Waals surface area contributed by atoms with Crippen LogP contribution in [0.25, 0.3) is 0 Å². The molecule has 3 rings (SSSR count). The van der Waals surface area contributed by atoms with E-state index in [2.05, 4.69) is 0 Å². The van der Waals surface area contributed by atoms with Crippen molar-refractivity contribution in [2.45, 2.75) is 58.0 Å². The van der Waals surface area contributed by atoms with Crippen molar-refractivity contribution in [2.75, 3.05) is 6.54 Å². The third kappa shape index (κ3) is 4.82. The maximum atomic E-state index is 13.5. The molecule has 0 radical (unpaired) electrons. The highest BCUT2D eigenvalue weighted by Crippen LogP contribution is 2.30. The zero-order chi connectivity index (χ0) is 21.5. The summed E-state index contributed by atoms with van der Waals surface area (Å²) in [5.41, 5.74) is 1.92. The van der Waals surface area contributed by atoms with Crippen LogP contribution < -0.4 is 0 Å². The molecule has 30 heavy (non-hydrogen) atoms. The first kappa shape index (κ1) is 21.8. The summed E-state index contributed by atoms with van der Waals surface area (Å²) in [6.45, 7) is 4.60. The van der Waals surface area contributed by atoms with Gasteiger partial charge in [-0.2, -0.15) is 0 Å². The normalized spacial score (nSPS) is 19.4. The number of hydrogen-bond donors (Lipinski definition) is 1. The molecule has 2 aromatic rings. The molecular weight excluding hydrogens is 380 g/mol. The van der Waals surface area contributed by atoms with Crippen molar-refractivity contribution in [2.24, 2.45) is 0 Å². The fraction of sp³-hybridized carbons (Fsp3) is 0.417. The zero-order valence-corrected chi connectivity index (χ0v) is 17.6. The number of benzene rings is 2. The minimum Gasteiger partial charge on any atom is -0.444 e. The Morgan fingerprint density at radius 1 is 1.07 bits per heavy atom. The van der Waals surface area contributed by atoms with Crippen molar-refractivity contribution in [3.05, 3.63) is 71.8 Å². The smallest absolute Gasteiger partial charge is 0.412 e. The van der Waals surface area contributed by atoms with E-state index < -0.39 is 18.4 Å². The average molecular weight is 411 g/mol. The van der Waals surface area contributed by atoms with Crippen LogP contribution >= 0.6 is 0 Å². The van der Waals surface area contributed by atoms with E-state index in [1.54, 1.807) is 4.90 Å². The van der Waals surface area contributed by atoms with Crippen LogP contribution in [0.15, 0.2) is 60.7 Å². The summed E-state index contributed by atoms with van der Waals surface area (Å²) in [5.74, 6) is -0.151. The van der Waals surface area contributed by atoms with Crippen molar-refractivity contribution < 1.29 is 19.4 Å². The largest absolute Gasteiger partial charge is 0.444 e. The Morgan fingerprint density at radius 3 is 2.30 bits per heavy atom. The van der Waals surface area contributed by atoms with Crippen LogP contribution in [-0.4, -0.2) is 45.7 Å². The summed E-state index contributed by atoms with van der Waals surface area (Å²) in [5, 5.41) is 10.4. The lowest BCUT2D eigenvalue weighted by Gasteiger charge is -2.35. The summed E-state index contributed by atoms with van der Waals surface area (Å²) in [7, 11) is 0. The van der Waals surface area contributed by atoms with Crippen molar-refractivity contribution in [3.8, 4) is 0 Å². The number of ether oxygens (including phenoxy) is 1. The van der Waals surface area contributed by atoms with Gasteiger partial charge in [-0.3, -0.25) is 9.69 Å². The van der Waals surface area contributed by atoms with Gasteiger partial charge in [0.15, 0.2) is 0 Å². The van der Waals surface area contributed by atoms with Crippen molar-refractivity contribution in [1.82, 2.24) is 9.80 Å². The number of hydrogen-bond acceptors (Lipinski definition) is 4. The van der Waals surface area contributed by atoms with Crippen LogP contribution in [0.4, 0.5) is 4.79 Å². The maximum Gasteiger partial charge on any atom is 0.412 e. The Bertz CT molecular complexity index is 828.